The van der Waals surface area contributed by atoms with Gasteiger partial charge in [-0.1, -0.05) is 66.5 Å². The zero-order valence-corrected chi connectivity index (χ0v) is 48.3. The van der Waals surface area contributed by atoms with Crippen LogP contribution in [0.5, 0.6) is 0 Å². The molecule has 0 saturated heterocycles. The molecule has 2 aromatic heterocycles. The number of thiophene rings is 1. The summed E-state index contributed by atoms with van der Waals surface area (Å²) in [7, 11) is 0. The standard InChI is InChI=1S/C57H84N8O13S/c1-10-64(42-17-15-16-38(8)26-42)49(67)31-65-46-22-25-79-48(46)30-47(65)57(75)61-41-20-18-40(19-21-41)53(71)58-23-13-11-12-14-24-59-54(72)43(27-50(68)76-32-35(2)3)62-56(74)45(29-52(70)78-34-37(6)7)63-55(73)44(60-39(9)66)28-51(69)77-33-36(4)5/h15-17,22,25-26,30,35-37,40-41,43-45H,10-14,18-21,23-24,27-29,31-34H2,1-9H3,(H,58,71)(H,59,72)(H,60,66)(H,61,75)(H,62,74)(H,63,73)/t40-,41-,43-,44-,45-/m0/s1. The molecule has 1 fully saturated rings. The first-order chi connectivity index (χ1) is 37.5. The highest BCUT2D eigenvalue weighted by molar-refractivity contribution is 7.17. The Morgan fingerprint density at radius 3 is 1.68 bits per heavy atom. The molecule has 0 radical (unpaired) electrons. The van der Waals surface area contributed by atoms with E-state index in [1.165, 1.54) is 11.3 Å². The number of nitrogens with zero attached hydrogens (tertiary/aromatic N) is 2. The number of aromatic nitrogens is 1. The monoisotopic (exact) mass is 1120 g/mol. The van der Waals surface area contributed by atoms with Crippen LogP contribution in [0.3, 0.4) is 0 Å². The molecular weight excluding hydrogens is 1040 g/mol. The third-order valence-corrected chi connectivity index (χ3v) is 13.8. The zero-order valence-electron chi connectivity index (χ0n) is 47.5. The van der Waals surface area contributed by atoms with E-state index >= 15 is 0 Å². The van der Waals surface area contributed by atoms with E-state index in [4.69, 9.17) is 14.2 Å². The number of fused-ring (bicyclic) bond motifs is 1. The van der Waals surface area contributed by atoms with Crippen molar-refractivity contribution in [2.24, 2.45) is 23.7 Å². The molecule has 1 aromatic carbocycles. The third-order valence-electron chi connectivity index (χ3n) is 12.9. The van der Waals surface area contributed by atoms with E-state index in [2.05, 4.69) is 31.9 Å². The van der Waals surface area contributed by atoms with Crippen LogP contribution in [0.15, 0.2) is 41.8 Å². The average molecular weight is 1120 g/mol. The van der Waals surface area contributed by atoms with E-state index in [1.807, 2.05) is 83.3 Å². The molecule has 0 unspecified atom stereocenters. The molecule has 1 aliphatic rings. The van der Waals surface area contributed by atoms with Crippen molar-refractivity contribution in [1.29, 1.82) is 0 Å². The molecular formula is C57H84N8O13S. The van der Waals surface area contributed by atoms with Crippen molar-refractivity contribution >= 4 is 86.5 Å². The lowest BCUT2D eigenvalue weighted by molar-refractivity contribution is -0.150. The lowest BCUT2D eigenvalue weighted by Gasteiger charge is -2.28. The fourth-order valence-corrected chi connectivity index (χ4v) is 9.60. The zero-order chi connectivity index (χ0) is 58.2. The third kappa shape index (κ3) is 22.4. The summed E-state index contributed by atoms with van der Waals surface area (Å²) in [4.78, 5) is 134. The predicted octanol–water partition coefficient (Wildman–Crippen LogP) is 5.39. The number of likely N-dealkylation sites (N-methyl/N-ethyl adjacent to an activating group) is 1. The van der Waals surface area contributed by atoms with Gasteiger partial charge in [0.05, 0.1) is 49.3 Å². The fourth-order valence-electron chi connectivity index (χ4n) is 8.78. The van der Waals surface area contributed by atoms with Gasteiger partial charge < -0.3 is 55.6 Å². The van der Waals surface area contributed by atoms with Crippen LogP contribution in [-0.4, -0.2) is 127 Å². The highest BCUT2D eigenvalue weighted by Gasteiger charge is 2.34. The number of anilines is 1. The average Bonchev–Trinajstić information content (AvgIpc) is 4.03. The van der Waals surface area contributed by atoms with Crippen LogP contribution in [-0.2, 0) is 63.9 Å². The van der Waals surface area contributed by atoms with Gasteiger partial charge in [0.25, 0.3) is 5.91 Å². The summed E-state index contributed by atoms with van der Waals surface area (Å²) in [5.74, 6) is -6.45. The molecule has 4 rings (SSSR count). The summed E-state index contributed by atoms with van der Waals surface area (Å²) in [5, 5.41) is 18.2. The lowest BCUT2D eigenvalue weighted by Crippen LogP contribution is -2.57. The Kier molecular flexibility index (Phi) is 27.0. The Morgan fingerprint density at radius 2 is 1.18 bits per heavy atom. The van der Waals surface area contributed by atoms with Crippen LogP contribution >= 0.6 is 11.3 Å². The first-order valence-electron chi connectivity index (χ1n) is 27.7. The molecule has 3 atom stereocenters. The number of unbranched alkanes of at least 4 members (excludes halogenated alkanes) is 3. The van der Waals surface area contributed by atoms with Crippen molar-refractivity contribution in [3.8, 4) is 0 Å². The second kappa shape index (κ2) is 32.9. The smallest absolute Gasteiger partial charge is 0.308 e. The van der Waals surface area contributed by atoms with Crippen molar-refractivity contribution in [3.63, 3.8) is 0 Å². The highest BCUT2D eigenvalue weighted by Crippen LogP contribution is 2.28. The number of esters is 3. The van der Waals surface area contributed by atoms with Crippen molar-refractivity contribution in [1.82, 2.24) is 36.5 Å². The van der Waals surface area contributed by atoms with Gasteiger partial charge in [-0.05, 0) is 105 Å². The summed E-state index contributed by atoms with van der Waals surface area (Å²) in [6.45, 7) is 17.2. The maximum absolute atomic E-state index is 13.9. The van der Waals surface area contributed by atoms with E-state index < -0.39 is 78.9 Å². The molecule has 2 heterocycles. The van der Waals surface area contributed by atoms with Gasteiger partial charge in [0.2, 0.25) is 35.4 Å². The largest absolute Gasteiger partial charge is 0.465 e. The van der Waals surface area contributed by atoms with Crippen molar-refractivity contribution in [2.45, 2.75) is 164 Å². The molecule has 6 N–H and O–H groups in total. The molecule has 22 heteroatoms. The molecule has 21 nitrogen and oxygen atoms in total. The van der Waals surface area contributed by atoms with E-state index in [1.54, 1.807) is 23.3 Å². The summed E-state index contributed by atoms with van der Waals surface area (Å²) in [5.41, 5.74) is 3.10. The summed E-state index contributed by atoms with van der Waals surface area (Å²) in [6.07, 6.45) is 3.28. The van der Waals surface area contributed by atoms with Crippen LogP contribution in [0, 0.1) is 30.6 Å². The van der Waals surface area contributed by atoms with E-state index in [0.29, 0.717) is 63.7 Å². The van der Waals surface area contributed by atoms with Crippen LogP contribution in [0.1, 0.15) is 142 Å². The Labute approximate surface area is 468 Å². The number of amides is 7. The number of hydrogen-bond acceptors (Lipinski definition) is 14. The molecule has 3 aromatic rings. The van der Waals surface area contributed by atoms with Crippen LogP contribution < -0.4 is 36.8 Å². The van der Waals surface area contributed by atoms with Crippen molar-refractivity contribution < 1.29 is 62.2 Å². The minimum Gasteiger partial charge on any atom is -0.465 e. The number of ether oxygens (including phenoxy) is 3. The summed E-state index contributed by atoms with van der Waals surface area (Å²) < 4.78 is 18.5. The summed E-state index contributed by atoms with van der Waals surface area (Å²) >= 11 is 1.51. The number of aryl methyl sites for hydroxylation is 1. The van der Waals surface area contributed by atoms with Gasteiger partial charge in [0.1, 0.15) is 30.4 Å². The van der Waals surface area contributed by atoms with Gasteiger partial charge in [-0.2, -0.15) is 0 Å². The molecule has 0 bridgehead atoms. The van der Waals surface area contributed by atoms with Crippen LogP contribution in [0.25, 0.3) is 10.2 Å². The van der Waals surface area contributed by atoms with Gasteiger partial charge >= 0.3 is 17.9 Å². The Hall–Kier alpha value is -6.84. The maximum atomic E-state index is 13.9. The Balaban J connectivity index is 1.25. The Morgan fingerprint density at radius 1 is 0.658 bits per heavy atom. The molecule has 7 amide bonds. The number of benzene rings is 1. The van der Waals surface area contributed by atoms with Gasteiger partial charge in [-0.25, -0.2) is 0 Å². The van der Waals surface area contributed by atoms with Crippen LogP contribution in [0.4, 0.5) is 5.69 Å². The van der Waals surface area contributed by atoms with Gasteiger partial charge in [-0.3, -0.25) is 47.9 Å². The minimum absolute atomic E-state index is 0.00373. The van der Waals surface area contributed by atoms with Gasteiger partial charge in [-0.15, -0.1) is 11.3 Å². The number of carbonyl (C=O) groups excluding carboxylic acids is 10. The van der Waals surface area contributed by atoms with Gasteiger partial charge in [0.15, 0.2) is 0 Å². The maximum Gasteiger partial charge on any atom is 0.308 e. The van der Waals surface area contributed by atoms with E-state index in [-0.39, 0.29) is 80.3 Å². The topological polar surface area (TPSA) is 279 Å². The first-order valence-corrected chi connectivity index (χ1v) is 28.6. The molecule has 436 valence electrons. The summed E-state index contributed by atoms with van der Waals surface area (Å²) in [6, 6.07) is 6.80. The highest BCUT2D eigenvalue weighted by atomic mass is 32.1. The number of rotatable bonds is 32. The van der Waals surface area contributed by atoms with Crippen LogP contribution in [0.2, 0.25) is 0 Å². The Bertz CT molecular complexity index is 2550. The van der Waals surface area contributed by atoms with E-state index in [9.17, 15) is 47.9 Å². The molecule has 0 aliphatic heterocycles. The fraction of sp³-hybridized carbons (Fsp3) is 0.614. The number of hydrogen-bond donors (Lipinski definition) is 6. The number of nitrogens with one attached hydrogen (secondary N) is 6. The minimum atomic E-state index is -1.66. The normalized spacial score (nSPS) is 15.3. The quantitative estimate of drug-likeness (QED) is 0.0260. The number of carbonyl (C=O) groups is 10. The lowest BCUT2D eigenvalue weighted by atomic mass is 9.85. The molecule has 79 heavy (non-hydrogen) atoms. The molecule has 0 spiro atoms. The first kappa shape index (κ1) is 64.7. The van der Waals surface area contributed by atoms with Crippen molar-refractivity contribution in [3.05, 3.63) is 53.0 Å². The van der Waals surface area contributed by atoms with Crippen molar-refractivity contribution in [2.75, 3.05) is 44.4 Å². The van der Waals surface area contributed by atoms with Gasteiger partial charge in [0, 0.05) is 44.2 Å². The second-order valence-corrected chi connectivity index (χ2v) is 22.4. The predicted molar refractivity (Wildman–Crippen MR) is 299 cm³/mol. The van der Waals surface area contributed by atoms with E-state index in [0.717, 1.165) is 34.8 Å². The second-order valence-electron chi connectivity index (χ2n) is 21.5. The SMILES string of the molecule is CCN(C(=O)Cn1c(C(=O)N[C@H]2CC[C@H](C(=O)NCCCCCCNC(=O)[C@H](CC(=O)OCC(C)C)NC(=O)[C@H](CC(=O)OCC(C)C)NC(=O)[C@H](CC(=O)OCC(C)C)NC(C)=O)CC2)cc2sccc21)c1cccc(C)c1. The molecule has 1 aliphatic carbocycles. The molecule has 1 saturated carbocycles.